The topological polar surface area (TPSA) is 20.2 Å². The molecule has 86 valence electrons. The molecule has 1 rings (SSSR count). The molecular formula is C13H22OS. The van der Waals surface area contributed by atoms with Gasteiger partial charge in [-0.2, -0.15) is 0 Å². The van der Waals surface area contributed by atoms with E-state index < -0.39 is 0 Å². The average molecular weight is 226 g/mol. The Morgan fingerprint density at radius 2 is 2.07 bits per heavy atom. The molecule has 0 saturated heterocycles. The highest BCUT2D eigenvalue weighted by Gasteiger charge is 2.17. The van der Waals surface area contributed by atoms with Gasteiger partial charge in [0.05, 0.1) is 6.10 Å². The standard InChI is InChI=1S/C13H22OS/c1-5-10-7-9-15-12(10)11(14)6-8-13(2,3)4/h7,9,11,14H,5-6,8H2,1-4H3. The molecule has 1 N–H and O–H groups in total. The van der Waals surface area contributed by atoms with Gasteiger partial charge in [0.2, 0.25) is 0 Å². The van der Waals surface area contributed by atoms with Crippen LogP contribution in [-0.4, -0.2) is 5.11 Å². The summed E-state index contributed by atoms with van der Waals surface area (Å²) in [5.74, 6) is 0. The van der Waals surface area contributed by atoms with Crippen LogP contribution in [0.1, 0.15) is 57.1 Å². The summed E-state index contributed by atoms with van der Waals surface area (Å²) < 4.78 is 0. The van der Waals surface area contributed by atoms with Gasteiger partial charge in [0.1, 0.15) is 0 Å². The van der Waals surface area contributed by atoms with E-state index in [0.29, 0.717) is 5.41 Å². The highest BCUT2D eigenvalue weighted by Crippen LogP contribution is 2.31. The van der Waals surface area contributed by atoms with E-state index in [-0.39, 0.29) is 6.10 Å². The van der Waals surface area contributed by atoms with E-state index >= 15 is 0 Å². The average Bonchev–Trinajstić information content (AvgIpc) is 2.60. The van der Waals surface area contributed by atoms with Crippen molar-refractivity contribution in [1.29, 1.82) is 0 Å². The van der Waals surface area contributed by atoms with Crippen molar-refractivity contribution < 1.29 is 5.11 Å². The van der Waals surface area contributed by atoms with Crippen molar-refractivity contribution in [2.75, 3.05) is 0 Å². The Morgan fingerprint density at radius 1 is 1.40 bits per heavy atom. The molecule has 0 amide bonds. The van der Waals surface area contributed by atoms with Crippen molar-refractivity contribution in [3.8, 4) is 0 Å². The monoisotopic (exact) mass is 226 g/mol. The van der Waals surface area contributed by atoms with Crippen molar-refractivity contribution in [1.82, 2.24) is 0 Å². The van der Waals surface area contributed by atoms with Gasteiger partial charge in [-0.15, -0.1) is 11.3 Å². The molecule has 1 aromatic rings. The van der Waals surface area contributed by atoms with Crippen LogP contribution in [0.25, 0.3) is 0 Å². The molecule has 0 aliphatic heterocycles. The molecule has 0 spiro atoms. The Labute approximate surface area is 97.2 Å². The maximum atomic E-state index is 10.1. The molecule has 0 bridgehead atoms. The minimum absolute atomic E-state index is 0.265. The highest BCUT2D eigenvalue weighted by atomic mass is 32.1. The number of rotatable bonds is 4. The summed E-state index contributed by atoms with van der Waals surface area (Å²) in [4.78, 5) is 1.17. The molecule has 0 saturated carbocycles. The predicted molar refractivity (Wildman–Crippen MR) is 67.3 cm³/mol. The Balaban J connectivity index is 2.57. The van der Waals surface area contributed by atoms with Crippen LogP contribution in [0.2, 0.25) is 0 Å². The first-order chi connectivity index (χ1) is 6.94. The fourth-order valence-corrected chi connectivity index (χ4v) is 2.65. The second-order valence-electron chi connectivity index (χ2n) is 5.28. The van der Waals surface area contributed by atoms with Gasteiger partial charge in [0.15, 0.2) is 0 Å². The molecule has 1 nitrogen and oxygen atoms in total. The lowest BCUT2D eigenvalue weighted by Crippen LogP contribution is -2.08. The molecule has 1 unspecified atom stereocenters. The number of hydrogen-bond acceptors (Lipinski definition) is 2. The fourth-order valence-electron chi connectivity index (χ4n) is 1.63. The zero-order valence-corrected chi connectivity index (χ0v) is 11.0. The van der Waals surface area contributed by atoms with Crippen molar-refractivity contribution in [3.63, 3.8) is 0 Å². The number of thiophene rings is 1. The smallest absolute Gasteiger partial charge is 0.0884 e. The molecule has 0 aliphatic carbocycles. The van der Waals surface area contributed by atoms with Crippen LogP contribution in [0, 0.1) is 5.41 Å². The molecule has 0 radical (unpaired) electrons. The lowest BCUT2D eigenvalue weighted by atomic mass is 9.88. The van der Waals surface area contributed by atoms with Gasteiger partial charge in [-0.1, -0.05) is 27.7 Å². The molecule has 0 fully saturated rings. The van der Waals surface area contributed by atoms with Crippen LogP contribution in [-0.2, 0) is 6.42 Å². The van der Waals surface area contributed by atoms with Crippen molar-refractivity contribution >= 4 is 11.3 Å². The van der Waals surface area contributed by atoms with E-state index in [1.165, 1.54) is 10.4 Å². The highest BCUT2D eigenvalue weighted by molar-refractivity contribution is 7.10. The molecule has 2 heteroatoms. The zero-order valence-electron chi connectivity index (χ0n) is 10.2. The Hall–Kier alpha value is -0.340. The Morgan fingerprint density at radius 3 is 2.60 bits per heavy atom. The minimum atomic E-state index is -0.265. The summed E-state index contributed by atoms with van der Waals surface area (Å²) in [7, 11) is 0. The first-order valence-corrected chi connectivity index (χ1v) is 6.56. The van der Waals surface area contributed by atoms with Gasteiger partial charge in [-0.3, -0.25) is 0 Å². The Kier molecular flexibility index (Phi) is 4.35. The molecule has 1 atom stereocenters. The van der Waals surface area contributed by atoms with E-state index in [1.54, 1.807) is 11.3 Å². The summed E-state index contributed by atoms with van der Waals surface area (Å²) in [6.07, 6.45) is 2.69. The maximum absolute atomic E-state index is 10.1. The van der Waals surface area contributed by atoms with E-state index in [2.05, 4.69) is 39.1 Å². The largest absolute Gasteiger partial charge is 0.388 e. The quantitative estimate of drug-likeness (QED) is 0.817. The van der Waals surface area contributed by atoms with Crippen LogP contribution in [0.4, 0.5) is 0 Å². The summed E-state index contributed by atoms with van der Waals surface area (Å²) in [5.41, 5.74) is 1.62. The molecular weight excluding hydrogens is 204 g/mol. The number of aliphatic hydroxyl groups is 1. The van der Waals surface area contributed by atoms with Crippen molar-refractivity contribution in [2.45, 2.75) is 53.1 Å². The predicted octanol–water partition coefficient (Wildman–Crippen LogP) is 4.17. The van der Waals surface area contributed by atoms with Crippen molar-refractivity contribution in [2.24, 2.45) is 5.41 Å². The number of aliphatic hydroxyl groups excluding tert-OH is 1. The SMILES string of the molecule is CCc1ccsc1C(O)CCC(C)(C)C. The van der Waals surface area contributed by atoms with E-state index in [9.17, 15) is 5.11 Å². The molecule has 0 aromatic carbocycles. The molecule has 0 aliphatic rings. The van der Waals surface area contributed by atoms with Crippen LogP contribution in [0.5, 0.6) is 0 Å². The Bertz CT molecular complexity index is 296. The minimum Gasteiger partial charge on any atom is -0.388 e. The van der Waals surface area contributed by atoms with Gasteiger partial charge in [0.25, 0.3) is 0 Å². The van der Waals surface area contributed by atoms with Gasteiger partial charge in [-0.05, 0) is 41.7 Å². The van der Waals surface area contributed by atoms with Gasteiger partial charge in [-0.25, -0.2) is 0 Å². The summed E-state index contributed by atoms with van der Waals surface area (Å²) in [6, 6.07) is 2.13. The maximum Gasteiger partial charge on any atom is 0.0884 e. The number of hydrogen-bond donors (Lipinski definition) is 1. The second kappa shape index (κ2) is 5.13. The van der Waals surface area contributed by atoms with Crippen LogP contribution in [0.15, 0.2) is 11.4 Å². The molecule has 1 aromatic heterocycles. The van der Waals surface area contributed by atoms with E-state index in [1.807, 2.05) is 0 Å². The van der Waals surface area contributed by atoms with Crippen LogP contribution in [0.3, 0.4) is 0 Å². The van der Waals surface area contributed by atoms with Gasteiger partial charge < -0.3 is 5.11 Å². The van der Waals surface area contributed by atoms with Crippen molar-refractivity contribution in [3.05, 3.63) is 21.9 Å². The lowest BCUT2D eigenvalue weighted by Gasteiger charge is -2.20. The lowest BCUT2D eigenvalue weighted by molar-refractivity contribution is 0.150. The van der Waals surface area contributed by atoms with E-state index in [4.69, 9.17) is 0 Å². The zero-order chi connectivity index (χ0) is 11.5. The third kappa shape index (κ3) is 3.96. The van der Waals surface area contributed by atoms with Crippen LogP contribution >= 0.6 is 11.3 Å². The first kappa shape index (κ1) is 12.7. The van der Waals surface area contributed by atoms with Gasteiger partial charge >= 0.3 is 0 Å². The first-order valence-electron chi connectivity index (χ1n) is 5.68. The summed E-state index contributed by atoms with van der Waals surface area (Å²) >= 11 is 1.68. The third-order valence-corrected chi connectivity index (χ3v) is 3.69. The van der Waals surface area contributed by atoms with E-state index in [0.717, 1.165) is 19.3 Å². The summed E-state index contributed by atoms with van der Waals surface area (Å²) in [6.45, 7) is 8.79. The van der Waals surface area contributed by atoms with Gasteiger partial charge in [0, 0.05) is 4.88 Å². The fraction of sp³-hybridized carbons (Fsp3) is 0.692. The molecule has 15 heavy (non-hydrogen) atoms. The number of aryl methyl sites for hydroxylation is 1. The third-order valence-electron chi connectivity index (χ3n) is 2.63. The normalized spacial score (nSPS) is 14.2. The molecule has 1 heterocycles. The summed E-state index contributed by atoms with van der Waals surface area (Å²) in [5, 5.41) is 12.2. The van der Waals surface area contributed by atoms with Crippen LogP contribution < -0.4 is 0 Å². The second-order valence-corrected chi connectivity index (χ2v) is 6.23.